The van der Waals surface area contributed by atoms with Crippen LogP contribution in [0.4, 0.5) is 11.4 Å². The maximum absolute atomic E-state index is 13.0. The molecule has 1 fully saturated rings. The molecule has 2 aromatic rings. The number of benzene rings is 2. The Morgan fingerprint density at radius 2 is 1.68 bits per heavy atom. The van der Waals surface area contributed by atoms with Crippen molar-refractivity contribution in [2.75, 3.05) is 50.5 Å². The van der Waals surface area contributed by atoms with Gasteiger partial charge in [0.05, 0.1) is 5.56 Å². The monoisotopic (exact) mass is 422 g/mol. The number of amides is 2. The topological polar surface area (TPSA) is 64.7 Å². The van der Waals surface area contributed by atoms with Crippen LogP contribution in [0.25, 0.3) is 0 Å². The van der Waals surface area contributed by atoms with Crippen LogP contribution < -0.4 is 15.5 Å². The Morgan fingerprint density at radius 3 is 2.35 bits per heavy atom. The molecule has 0 atom stereocenters. The molecule has 0 saturated carbocycles. The summed E-state index contributed by atoms with van der Waals surface area (Å²) >= 11 is 0. The van der Waals surface area contributed by atoms with Gasteiger partial charge in [-0.2, -0.15) is 0 Å². The Bertz CT molecular complexity index is 887. The number of piperidine rings is 1. The van der Waals surface area contributed by atoms with Crippen LogP contribution in [-0.4, -0.2) is 57.0 Å². The molecule has 6 nitrogen and oxygen atoms in total. The first kappa shape index (κ1) is 22.8. The Kier molecular flexibility index (Phi) is 8.06. The molecular formula is C25H34N4O2. The number of hydrogen-bond donors (Lipinski definition) is 2. The predicted molar refractivity (Wildman–Crippen MR) is 127 cm³/mol. The van der Waals surface area contributed by atoms with Crippen LogP contribution in [0, 0.1) is 6.92 Å². The summed E-state index contributed by atoms with van der Waals surface area (Å²) < 4.78 is 0. The largest absolute Gasteiger partial charge is 0.371 e. The molecule has 0 spiro atoms. The lowest BCUT2D eigenvalue weighted by molar-refractivity contribution is 0.0951. The van der Waals surface area contributed by atoms with Crippen molar-refractivity contribution in [2.24, 2.45) is 0 Å². The zero-order chi connectivity index (χ0) is 22.2. The molecule has 0 bridgehead atoms. The molecule has 31 heavy (non-hydrogen) atoms. The van der Waals surface area contributed by atoms with Gasteiger partial charge < -0.3 is 20.4 Å². The van der Waals surface area contributed by atoms with Crippen molar-refractivity contribution in [3.63, 3.8) is 0 Å². The molecule has 0 radical (unpaired) electrons. The van der Waals surface area contributed by atoms with Crippen LogP contribution in [-0.2, 0) is 0 Å². The molecule has 2 amide bonds. The van der Waals surface area contributed by atoms with E-state index in [0.29, 0.717) is 23.4 Å². The Hall–Kier alpha value is -2.86. The first-order chi connectivity index (χ1) is 14.9. The summed E-state index contributed by atoms with van der Waals surface area (Å²) in [5.41, 5.74) is 3.90. The summed E-state index contributed by atoms with van der Waals surface area (Å²) in [4.78, 5) is 30.1. The van der Waals surface area contributed by atoms with E-state index in [2.05, 4.69) is 20.4 Å². The molecule has 1 heterocycles. The van der Waals surface area contributed by atoms with Crippen LogP contribution in [0.1, 0.15) is 52.0 Å². The van der Waals surface area contributed by atoms with Crippen LogP contribution in [0.15, 0.2) is 42.5 Å². The molecule has 1 saturated heterocycles. The Balaban J connectivity index is 1.77. The Morgan fingerprint density at radius 1 is 0.968 bits per heavy atom. The average molecular weight is 423 g/mol. The highest BCUT2D eigenvalue weighted by molar-refractivity contribution is 6.06. The third-order valence-corrected chi connectivity index (χ3v) is 5.58. The highest BCUT2D eigenvalue weighted by atomic mass is 16.2. The Labute approximate surface area is 185 Å². The molecule has 0 unspecified atom stereocenters. The van der Waals surface area contributed by atoms with E-state index >= 15 is 0 Å². The maximum Gasteiger partial charge on any atom is 0.255 e. The number of carbonyl (C=O) groups is 2. The van der Waals surface area contributed by atoms with E-state index in [0.717, 1.165) is 50.1 Å². The van der Waals surface area contributed by atoms with Crippen molar-refractivity contribution >= 4 is 23.2 Å². The maximum atomic E-state index is 13.0. The molecule has 0 aliphatic carbocycles. The smallest absolute Gasteiger partial charge is 0.255 e. The van der Waals surface area contributed by atoms with Gasteiger partial charge in [-0.25, -0.2) is 0 Å². The van der Waals surface area contributed by atoms with Gasteiger partial charge in [-0.05, 0) is 83.6 Å². The number of carbonyl (C=O) groups excluding carboxylic acids is 2. The molecule has 1 aliphatic rings. The fourth-order valence-electron chi connectivity index (χ4n) is 3.81. The van der Waals surface area contributed by atoms with Crippen molar-refractivity contribution in [1.29, 1.82) is 0 Å². The summed E-state index contributed by atoms with van der Waals surface area (Å²) in [6, 6.07) is 13.1. The second-order valence-corrected chi connectivity index (χ2v) is 8.51. The minimum Gasteiger partial charge on any atom is -0.371 e. The highest BCUT2D eigenvalue weighted by Crippen LogP contribution is 2.27. The summed E-state index contributed by atoms with van der Waals surface area (Å²) in [5, 5.41) is 5.99. The van der Waals surface area contributed by atoms with E-state index in [9.17, 15) is 9.59 Å². The fourth-order valence-corrected chi connectivity index (χ4v) is 3.81. The molecule has 166 valence electrons. The predicted octanol–water partition coefficient (Wildman–Crippen LogP) is 3.92. The van der Waals surface area contributed by atoms with E-state index in [-0.39, 0.29) is 11.8 Å². The van der Waals surface area contributed by atoms with Gasteiger partial charge in [-0.3, -0.25) is 9.59 Å². The number of anilines is 2. The quantitative estimate of drug-likeness (QED) is 0.633. The number of aryl methyl sites for hydroxylation is 1. The highest BCUT2D eigenvalue weighted by Gasteiger charge is 2.20. The molecule has 1 aliphatic heterocycles. The zero-order valence-corrected chi connectivity index (χ0v) is 18.9. The van der Waals surface area contributed by atoms with E-state index in [1.54, 1.807) is 6.07 Å². The normalized spacial score (nSPS) is 13.9. The van der Waals surface area contributed by atoms with Gasteiger partial charge in [-0.15, -0.1) is 0 Å². The number of nitrogens with one attached hydrogen (secondary N) is 2. The zero-order valence-electron chi connectivity index (χ0n) is 18.9. The lowest BCUT2D eigenvalue weighted by Gasteiger charge is -2.30. The minimum absolute atomic E-state index is 0.0919. The standard InChI is InChI=1S/C25H34N4O2/c1-19-8-10-20(11-9-19)24(30)27-21-12-13-23(29-16-5-4-6-17-29)22(18-21)25(31)26-14-7-15-28(2)3/h8-13,18H,4-7,14-17H2,1-3H3,(H,26,31)(H,27,30). The van der Waals surface area contributed by atoms with Crippen LogP contribution in [0.3, 0.4) is 0 Å². The van der Waals surface area contributed by atoms with Crippen molar-refractivity contribution in [2.45, 2.75) is 32.6 Å². The first-order valence-electron chi connectivity index (χ1n) is 11.1. The lowest BCUT2D eigenvalue weighted by Crippen LogP contribution is -2.33. The second kappa shape index (κ2) is 11.0. The molecule has 2 N–H and O–H groups in total. The van der Waals surface area contributed by atoms with E-state index < -0.39 is 0 Å². The third-order valence-electron chi connectivity index (χ3n) is 5.58. The van der Waals surface area contributed by atoms with Gasteiger partial charge in [0, 0.05) is 36.6 Å². The second-order valence-electron chi connectivity index (χ2n) is 8.51. The lowest BCUT2D eigenvalue weighted by atomic mass is 10.1. The van der Waals surface area contributed by atoms with Gasteiger partial charge in [0.1, 0.15) is 0 Å². The van der Waals surface area contributed by atoms with E-state index in [1.165, 1.54) is 6.42 Å². The van der Waals surface area contributed by atoms with Crippen molar-refractivity contribution in [3.8, 4) is 0 Å². The number of rotatable bonds is 8. The molecule has 3 rings (SSSR count). The number of nitrogens with zero attached hydrogens (tertiary/aromatic N) is 2. The molecule has 6 heteroatoms. The van der Waals surface area contributed by atoms with Crippen molar-refractivity contribution < 1.29 is 9.59 Å². The number of hydrogen-bond acceptors (Lipinski definition) is 4. The van der Waals surface area contributed by atoms with E-state index in [1.807, 2.05) is 57.4 Å². The van der Waals surface area contributed by atoms with Crippen LogP contribution >= 0.6 is 0 Å². The van der Waals surface area contributed by atoms with Crippen LogP contribution in [0.2, 0.25) is 0 Å². The molecule has 0 aromatic heterocycles. The summed E-state index contributed by atoms with van der Waals surface area (Å²) in [7, 11) is 4.05. The van der Waals surface area contributed by atoms with E-state index in [4.69, 9.17) is 0 Å². The molecule has 2 aromatic carbocycles. The first-order valence-corrected chi connectivity index (χ1v) is 11.1. The fraction of sp³-hybridized carbons (Fsp3) is 0.440. The minimum atomic E-state index is -0.178. The van der Waals surface area contributed by atoms with Gasteiger partial charge in [0.2, 0.25) is 0 Å². The third kappa shape index (κ3) is 6.56. The summed E-state index contributed by atoms with van der Waals surface area (Å²) in [6.45, 7) is 5.44. The van der Waals surface area contributed by atoms with Gasteiger partial charge in [-0.1, -0.05) is 17.7 Å². The molecular weight excluding hydrogens is 388 g/mol. The SMILES string of the molecule is Cc1ccc(C(=O)Nc2ccc(N3CCCCC3)c(C(=O)NCCCN(C)C)c2)cc1. The van der Waals surface area contributed by atoms with Crippen LogP contribution in [0.5, 0.6) is 0 Å². The summed E-state index contributed by atoms with van der Waals surface area (Å²) in [6.07, 6.45) is 4.39. The van der Waals surface area contributed by atoms with Crippen molar-refractivity contribution in [1.82, 2.24) is 10.2 Å². The summed E-state index contributed by atoms with van der Waals surface area (Å²) in [5.74, 6) is -0.270. The van der Waals surface area contributed by atoms with Crippen molar-refractivity contribution in [3.05, 3.63) is 59.2 Å². The van der Waals surface area contributed by atoms with Gasteiger partial charge >= 0.3 is 0 Å². The van der Waals surface area contributed by atoms with Gasteiger partial charge in [0.25, 0.3) is 11.8 Å². The average Bonchev–Trinajstić information content (AvgIpc) is 2.77. The van der Waals surface area contributed by atoms with Gasteiger partial charge in [0.15, 0.2) is 0 Å².